The fraction of sp³-hybridized carbons (Fsp3) is 0.0769. The molecule has 1 saturated heterocycles. The molecule has 1 fully saturated rings. The van der Waals surface area contributed by atoms with Gasteiger partial charge >= 0.3 is 5.97 Å². The molecule has 0 spiro atoms. The molecule has 1 atom stereocenters. The molecule has 1 aliphatic rings. The second kappa shape index (κ2) is 10.7. The Kier molecular flexibility index (Phi) is 7.54. The van der Waals surface area contributed by atoms with Crippen molar-refractivity contribution in [2.45, 2.75) is 16.6 Å². The van der Waals surface area contributed by atoms with Gasteiger partial charge in [-0.1, -0.05) is 52.5 Å². The minimum atomic E-state index is -1.50. The molecule has 2 heterocycles. The molecule has 3 N–H and O–H groups in total. The van der Waals surface area contributed by atoms with Crippen LogP contribution in [0.2, 0.25) is 20.1 Å². The zero-order chi connectivity index (χ0) is 28.0. The standard InChI is InChI=1S/C26H15Cl4N3O5S/c27-20-18(19(26(37)38)21(28)23(30)22(20)29)24(35)32-12-2-5-14(6-3-12)39-16-10-17(34)33(25(16)36)13-4-1-11-7-8-31-15(11)9-13/h1-9,16,31H,10H2,(H,32,35)(H,37,38). The van der Waals surface area contributed by atoms with E-state index in [-0.39, 0.29) is 33.3 Å². The second-order valence-electron chi connectivity index (χ2n) is 8.42. The summed E-state index contributed by atoms with van der Waals surface area (Å²) in [5.41, 5.74) is 0.623. The number of imide groups is 1. The van der Waals surface area contributed by atoms with E-state index in [9.17, 15) is 24.3 Å². The number of fused-ring (bicyclic) bond motifs is 1. The van der Waals surface area contributed by atoms with Crippen molar-refractivity contribution in [1.29, 1.82) is 0 Å². The minimum absolute atomic E-state index is 0.0410. The van der Waals surface area contributed by atoms with Gasteiger partial charge in [-0.3, -0.25) is 14.4 Å². The maximum absolute atomic E-state index is 13.1. The number of aromatic carboxylic acids is 1. The highest BCUT2D eigenvalue weighted by Crippen LogP contribution is 2.42. The van der Waals surface area contributed by atoms with E-state index >= 15 is 0 Å². The van der Waals surface area contributed by atoms with Crippen LogP contribution in [0.1, 0.15) is 27.1 Å². The highest BCUT2D eigenvalue weighted by molar-refractivity contribution is 8.00. The van der Waals surface area contributed by atoms with Gasteiger partial charge in [-0.2, -0.15) is 0 Å². The molecule has 198 valence electrons. The van der Waals surface area contributed by atoms with Gasteiger partial charge < -0.3 is 15.4 Å². The van der Waals surface area contributed by atoms with Crippen LogP contribution in [0.3, 0.4) is 0 Å². The van der Waals surface area contributed by atoms with Crippen molar-refractivity contribution >= 4 is 104 Å². The molecule has 0 bridgehead atoms. The molecule has 1 unspecified atom stereocenters. The number of carboxylic acids is 1. The number of aromatic amines is 1. The Balaban J connectivity index is 1.31. The smallest absolute Gasteiger partial charge is 0.338 e. The predicted molar refractivity (Wildman–Crippen MR) is 153 cm³/mol. The highest BCUT2D eigenvalue weighted by atomic mass is 35.5. The van der Waals surface area contributed by atoms with E-state index in [1.165, 1.54) is 16.7 Å². The Morgan fingerprint density at radius 1 is 0.923 bits per heavy atom. The number of nitrogens with zero attached hydrogens (tertiary/aromatic N) is 1. The summed E-state index contributed by atoms with van der Waals surface area (Å²) < 4.78 is 0. The Hall–Kier alpha value is -3.21. The number of hydrogen-bond donors (Lipinski definition) is 3. The van der Waals surface area contributed by atoms with Crippen molar-refractivity contribution in [3.8, 4) is 0 Å². The van der Waals surface area contributed by atoms with Gasteiger partial charge in [-0.25, -0.2) is 9.69 Å². The van der Waals surface area contributed by atoms with E-state index in [1.54, 1.807) is 42.6 Å². The van der Waals surface area contributed by atoms with Crippen molar-refractivity contribution in [3.05, 3.63) is 85.9 Å². The minimum Gasteiger partial charge on any atom is -0.478 e. The largest absolute Gasteiger partial charge is 0.478 e. The fourth-order valence-corrected chi connectivity index (χ4v) is 6.24. The number of anilines is 2. The Labute approximate surface area is 245 Å². The molecule has 39 heavy (non-hydrogen) atoms. The maximum atomic E-state index is 13.1. The van der Waals surface area contributed by atoms with Crippen LogP contribution in [0.25, 0.3) is 10.9 Å². The molecular weight excluding hydrogens is 608 g/mol. The number of H-pyrrole nitrogens is 1. The van der Waals surface area contributed by atoms with E-state index < -0.39 is 33.3 Å². The molecular formula is C26H15Cl4N3O5S. The fourth-order valence-electron chi connectivity index (χ4n) is 4.16. The number of hydrogen-bond acceptors (Lipinski definition) is 5. The Morgan fingerprint density at radius 2 is 1.59 bits per heavy atom. The van der Waals surface area contributed by atoms with Gasteiger partial charge in [-0.15, -0.1) is 11.8 Å². The first kappa shape index (κ1) is 27.4. The van der Waals surface area contributed by atoms with Crippen molar-refractivity contribution in [2.24, 2.45) is 0 Å². The summed E-state index contributed by atoms with van der Waals surface area (Å²) in [6.45, 7) is 0. The quantitative estimate of drug-likeness (QED) is 0.119. The van der Waals surface area contributed by atoms with Crippen molar-refractivity contribution < 1.29 is 24.3 Å². The monoisotopic (exact) mass is 621 g/mol. The molecule has 0 aliphatic carbocycles. The molecule has 5 rings (SSSR count). The van der Waals surface area contributed by atoms with Gasteiger partial charge in [0.25, 0.3) is 5.91 Å². The lowest BCUT2D eigenvalue weighted by atomic mass is 10.1. The van der Waals surface area contributed by atoms with E-state index in [2.05, 4.69) is 10.3 Å². The summed E-state index contributed by atoms with van der Waals surface area (Å²) in [7, 11) is 0. The van der Waals surface area contributed by atoms with Crippen LogP contribution in [0.4, 0.5) is 11.4 Å². The first-order chi connectivity index (χ1) is 18.6. The van der Waals surface area contributed by atoms with Crippen LogP contribution < -0.4 is 10.2 Å². The number of carbonyl (C=O) groups excluding carboxylic acids is 3. The third-order valence-electron chi connectivity index (χ3n) is 6.00. The van der Waals surface area contributed by atoms with E-state index in [0.29, 0.717) is 16.3 Å². The number of carbonyl (C=O) groups is 4. The zero-order valence-electron chi connectivity index (χ0n) is 19.4. The average molecular weight is 623 g/mol. The van der Waals surface area contributed by atoms with Gasteiger partial charge in [0.15, 0.2) is 0 Å². The number of nitrogens with one attached hydrogen (secondary N) is 2. The van der Waals surface area contributed by atoms with Gasteiger partial charge in [0.1, 0.15) is 0 Å². The summed E-state index contributed by atoms with van der Waals surface area (Å²) in [5, 5.41) is 11.2. The number of thioether (sulfide) groups is 1. The van der Waals surface area contributed by atoms with Crippen molar-refractivity contribution in [2.75, 3.05) is 10.2 Å². The molecule has 3 amide bonds. The Bertz CT molecular complexity index is 1690. The number of amides is 3. The summed E-state index contributed by atoms with van der Waals surface area (Å²) in [5.74, 6) is -2.97. The third-order valence-corrected chi connectivity index (χ3v) is 9.00. The van der Waals surface area contributed by atoms with E-state index in [4.69, 9.17) is 46.4 Å². The molecule has 8 nitrogen and oxygen atoms in total. The normalized spacial score (nSPS) is 15.3. The first-order valence-corrected chi connectivity index (χ1v) is 13.6. The highest BCUT2D eigenvalue weighted by Gasteiger charge is 2.40. The molecule has 3 aromatic carbocycles. The summed E-state index contributed by atoms with van der Waals surface area (Å²) >= 11 is 25.3. The molecule has 0 radical (unpaired) electrons. The van der Waals surface area contributed by atoms with Crippen LogP contribution in [0.5, 0.6) is 0 Å². The number of benzene rings is 3. The van der Waals surface area contributed by atoms with Crippen LogP contribution in [0, 0.1) is 0 Å². The van der Waals surface area contributed by atoms with Gasteiger partial charge in [0, 0.05) is 28.7 Å². The van der Waals surface area contributed by atoms with Crippen LogP contribution >= 0.6 is 58.2 Å². The number of aromatic nitrogens is 1. The predicted octanol–water partition coefficient (Wildman–Crippen LogP) is 7.16. The molecule has 0 saturated carbocycles. The van der Waals surface area contributed by atoms with Crippen molar-refractivity contribution in [3.63, 3.8) is 0 Å². The molecule has 1 aromatic heterocycles. The maximum Gasteiger partial charge on any atom is 0.338 e. The lowest BCUT2D eigenvalue weighted by Crippen LogP contribution is -2.31. The van der Waals surface area contributed by atoms with Gasteiger partial charge in [-0.05, 0) is 47.9 Å². The van der Waals surface area contributed by atoms with Gasteiger partial charge in [0.05, 0.1) is 42.2 Å². The summed E-state index contributed by atoms with van der Waals surface area (Å²) in [6, 6.07) is 13.7. The van der Waals surface area contributed by atoms with Gasteiger partial charge in [0.2, 0.25) is 11.8 Å². The Morgan fingerprint density at radius 3 is 2.26 bits per heavy atom. The summed E-state index contributed by atoms with van der Waals surface area (Å²) in [6.07, 6.45) is 1.82. The lowest BCUT2D eigenvalue weighted by Gasteiger charge is -2.15. The van der Waals surface area contributed by atoms with E-state index in [1.807, 2.05) is 12.1 Å². The van der Waals surface area contributed by atoms with E-state index in [0.717, 1.165) is 10.9 Å². The van der Waals surface area contributed by atoms with Crippen LogP contribution in [-0.2, 0) is 9.59 Å². The molecule has 4 aromatic rings. The topological polar surface area (TPSA) is 120 Å². The summed E-state index contributed by atoms with van der Waals surface area (Å²) in [4.78, 5) is 55.4. The third kappa shape index (κ3) is 5.08. The SMILES string of the molecule is O=C(O)c1c(Cl)c(Cl)c(Cl)c(Cl)c1C(=O)Nc1ccc(SC2CC(=O)N(c3ccc4cc[nH]c4c3)C2=O)cc1. The van der Waals surface area contributed by atoms with Crippen LogP contribution in [0.15, 0.2) is 59.6 Å². The van der Waals surface area contributed by atoms with Crippen molar-refractivity contribution in [1.82, 2.24) is 4.98 Å². The number of carboxylic acid groups (broad SMARTS) is 1. The number of halogens is 4. The molecule has 13 heteroatoms. The average Bonchev–Trinajstić information content (AvgIpc) is 3.48. The number of rotatable bonds is 6. The molecule has 1 aliphatic heterocycles. The first-order valence-electron chi connectivity index (χ1n) is 11.2. The lowest BCUT2D eigenvalue weighted by molar-refractivity contribution is -0.121. The zero-order valence-corrected chi connectivity index (χ0v) is 23.3. The second-order valence-corrected chi connectivity index (χ2v) is 11.2. The van der Waals surface area contributed by atoms with Crippen LogP contribution in [-0.4, -0.2) is 39.0 Å².